The molecular weight excluding hydrogens is 554 g/mol. The Labute approximate surface area is 255 Å². The zero-order valence-corrected chi connectivity index (χ0v) is 25.3. The molecule has 0 saturated heterocycles. The van der Waals surface area contributed by atoms with Crippen molar-refractivity contribution in [3.8, 4) is 16.9 Å². The number of benzene rings is 4. The Kier molecular flexibility index (Phi) is 7.91. The van der Waals surface area contributed by atoms with Gasteiger partial charge < -0.3 is 14.4 Å². The highest BCUT2D eigenvalue weighted by molar-refractivity contribution is 7.98. The van der Waals surface area contributed by atoms with Crippen molar-refractivity contribution < 1.29 is 14.6 Å². The van der Waals surface area contributed by atoms with Gasteiger partial charge in [-0.15, -0.1) is 11.8 Å². The van der Waals surface area contributed by atoms with E-state index in [1.54, 1.807) is 25.6 Å². The Morgan fingerprint density at radius 2 is 1.67 bits per heavy atom. The van der Waals surface area contributed by atoms with Crippen LogP contribution in [0.5, 0.6) is 5.75 Å². The first-order chi connectivity index (χ1) is 20.8. The molecule has 6 nitrogen and oxygen atoms in total. The van der Waals surface area contributed by atoms with Crippen LogP contribution in [0.1, 0.15) is 30.9 Å². The number of thioether (sulfide) groups is 1. The van der Waals surface area contributed by atoms with Crippen LogP contribution in [-0.2, 0) is 24.4 Å². The number of carboxylic acid groups (broad SMARTS) is 1. The smallest absolute Gasteiger partial charge is 0.309 e. The maximum absolute atomic E-state index is 12.0. The Morgan fingerprint density at radius 3 is 2.47 bits per heavy atom. The molecule has 0 unspecified atom stereocenters. The molecule has 0 aliphatic carbocycles. The van der Waals surface area contributed by atoms with Crippen LogP contribution in [-0.4, -0.2) is 31.9 Å². The number of carbonyl (C=O) groups is 1. The molecule has 0 bridgehead atoms. The molecule has 4 aromatic carbocycles. The van der Waals surface area contributed by atoms with E-state index in [0.29, 0.717) is 25.3 Å². The third kappa shape index (κ3) is 6.27. The van der Waals surface area contributed by atoms with E-state index in [4.69, 9.17) is 14.7 Å². The lowest BCUT2D eigenvalue weighted by molar-refractivity contribution is -0.146. The lowest BCUT2D eigenvalue weighted by Gasteiger charge is -2.19. The monoisotopic (exact) mass is 587 g/mol. The Hall–Kier alpha value is -4.62. The number of nitrogens with zero attached hydrogens (tertiary/aromatic N) is 3. The van der Waals surface area contributed by atoms with Crippen molar-refractivity contribution in [3.05, 3.63) is 120 Å². The first kappa shape index (κ1) is 28.5. The van der Waals surface area contributed by atoms with E-state index in [1.807, 2.05) is 48.5 Å². The minimum absolute atomic E-state index is 0.296. The van der Waals surface area contributed by atoms with E-state index in [-0.39, 0.29) is 0 Å². The first-order valence-corrected chi connectivity index (χ1v) is 15.4. The summed E-state index contributed by atoms with van der Waals surface area (Å²) in [5.74, 6) is 0.561. The van der Waals surface area contributed by atoms with E-state index in [2.05, 4.69) is 65.4 Å². The van der Waals surface area contributed by atoms with Crippen molar-refractivity contribution in [2.24, 2.45) is 5.41 Å². The molecule has 0 saturated carbocycles. The normalized spacial score (nSPS) is 11.7. The summed E-state index contributed by atoms with van der Waals surface area (Å²) >= 11 is 1.73. The number of aliphatic carboxylic acids is 1. The fourth-order valence-electron chi connectivity index (χ4n) is 5.19. The average Bonchev–Trinajstić information content (AvgIpc) is 3.34. The average molecular weight is 588 g/mol. The highest BCUT2D eigenvalue weighted by atomic mass is 32.2. The molecule has 2 aromatic heterocycles. The van der Waals surface area contributed by atoms with E-state index >= 15 is 0 Å². The van der Waals surface area contributed by atoms with Crippen LogP contribution >= 0.6 is 11.8 Å². The van der Waals surface area contributed by atoms with Crippen LogP contribution in [0.3, 0.4) is 0 Å². The fraction of sp³-hybridized carbons (Fsp3) is 0.194. The fourth-order valence-corrected chi connectivity index (χ4v) is 5.60. The number of imidazole rings is 1. The van der Waals surface area contributed by atoms with Gasteiger partial charge in [0.2, 0.25) is 0 Å². The summed E-state index contributed by atoms with van der Waals surface area (Å²) in [6.07, 6.45) is 2.37. The quantitative estimate of drug-likeness (QED) is 0.163. The maximum atomic E-state index is 12.0. The van der Waals surface area contributed by atoms with Gasteiger partial charge in [-0.25, -0.2) is 9.97 Å². The highest BCUT2D eigenvalue weighted by Crippen LogP contribution is 2.30. The summed E-state index contributed by atoms with van der Waals surface area (Å²) in [6.45, 7) is 4.38. The van der Waals surface area contributed by atoms with Gasteiger partial charge in [0.1, 0.15) is 18.2 Å². The van der Waals surface area contributed by atoms with Crippen molar-refractivity contribution in [2.75, 3.05) is 6.26 Å². The summed E-state index contributed by atoms with van der Waals surface area (Å²) in [5.41, 5.74) is 5.92. The number of hydrogen-bond donors (Lipinski definition) is 1. The molecule has 0 spiro atoms. The molecular formula is C36H33N3O3S. The topological polar surface area (TPSA) is 77.2 Å². The molecule has 0 amide bonds. The molecule has 6 aromatic rings. The van der Waals surface area contributed by atoms with Crippen LogP contribution in [0, 0.1) is 5.41 Å². The van der Waals surface area contributed by atoms with E-state index in [9.17, 15) is 9.90 Å². The van der Waals surface area contributed by atoms with Gasteiger partial charge in [-0.05, 0) is 79.3 Å². The van der Waals surface area contributed by atoms with Crippen molar-refractivity contribution in [1.82, 2.24) is 14.5 Å². The van der Waals surface area contributed by atoms with E-state index in [1.165, 1.54) is 4.90 Å². The summed E-state index contributed by atoms with van der Waals surface area (Å²) in [4.78, 5) is 22.9. The second kappa shape index (κ2) is 11.9. The van der Waals surface area contributed by atoms with Crippen LogP contribution in [0.25, 0.3) is 33.1 Å². The number of carboxylic acids is 1. The number of ether oxygens (including phenoxy) is 1. The van der Waals surface area contributed by atoms with E-state index in [0.717, 1.165) is 50.1 Å². The standard InChI is InChI=1S/C36H33N3O3S/c1-36(2,35(40)41)21-34-38-32-20-29(42-23-28-14-11-26-8-4-5-10-31(26)37-28)15-18-33(32)39(34)22-24-7-6-9-27(19-24)25-12-16-30(43-3)17-13-25/h4-20H,21-23H2,1-3H3,(H,40,41). The molecule has 0 radical (unpaired) electrons. The number of rotatable bonds is 10. The van der Waals surface area contributed by atoms with Crippen molar-refractivity contribution in [3.63, 3.8) is 0 Å². The number of para-hydroxylation sites is 1. The summed E-state index contributed by atoms with van der Waals surface area (Å²) in [7, 11) is 0. The molecule has 43 heavy (non-hydrogen) atoms. The number of hydrogen-bond acceptors (Lipinski definition) is 5. The van der Waals surface area contributed by atoms with Crippen LogP contribution in [0.4, 0.5) is 0 Å². The Morgan fingerprint density at radius 1 is 0.860 bits per heavy atom. The lowest BCUT2D eigenvalue weighted by atomic mass is 9.89. The van der Waals surface area contributed by atoms with Gasteiger partial charge >= 0.3 is 5.97 Å². The van der Waals surface area contributed by atoms with Gasteiger partial charge in [-0.2, -0.15) is 0 Å². The molecule has 0 aliphatic heterocycles. The Balaban J connectivity index is 1.30. The van der Waals surface area contributed by atoms with Gasteiger partial charge in [0.05, 0.1) is 27.7 Å². The highest BCUT2D eigenvalue weighted by Gasteiger charge is 2.30. The summed E-state index contributed by atoms with van der Waals surface area (Å²) in [6, 6.07) is 35.0. The van der Waals surface area contributed by atoms with Crippen LogP contribution < -0.4 is 4.74 Å². The zero-order valence-electron chi connectivity index (χ0n) is 24.4. The van der Waals surface area contributed by atoms with Crippen molar-refractivity contribution >= 4 is 39.7 Å². The van der Waals surface area contributed by atoms with Crippen molar-refractivity contribution in [1.29, 1.82) is 0 Å². The van der Waals surface area contributed by atoms with Gasteiger partial charge in [-0.3, -0.25) is 4.79 Å². The SMILES string of the molecule is CSc1ccc(-c2cccc(Cn3c(CC(C)(C)C(=O)O)nc4cc(OCc5ccc6ccccc6n5)ccc43)c2)cc1. The second-order valence-corrected chi connectivity index (χ2v) is 12.2. The second-order valence-electron chi connectivity index (χ2n) is 11.3. The maximum Gasteiger partial charge on any atom is 0.309 e. The molecule has 0 fully saturated rings. The van der Waals surface area contributed by atoms with Crippen LogP contribution in [0.2, 0.25) is 0 Å². The van der Waals surface area contributed by atoms with E-state index < -0.39 is 11.4 Å². The van der Waals surface area contributed by atoms with Crippen LogP contribution in [0.15, 0.2) is 108 Å². The van der Waals surface area contributed by atoms with Gasteiger partial charge in [-0.1, -0.05) is 54.6 Å². The first-order valence-electron chi connectivity index (χ1n) is 14.2. The third-order valence-corrected chi connectivity index (χ3v) is 8.46. The molecule has 2 heterocycles. The van der Waals surface area contributed by atoms with Crippen molar-refractivity contribution in [2.45, 2.75) is 38.3 Å². The van der Waals surface area contributed by atoms with Gasteiger partial charge in [0, 0.05) is 29.3 Å². The molecule has 7 heteroatoms. The Bertz CT molecular complexity index is 1930. The lowest BCUT2D eigenvalue weighted by Crippen LogP contribution is -2.27. The minimum atomic E-state index is -0.971. The van der Waals surface area contributed by atoms with Gasteiger partial charge in [0.25, 0.3) is 0 Å². The molecule has 0 atom stereocenters. The third-order valence-electron chi connectivity index (χ3n) is 7.71. The predicted octanol–water partition coefficient (Wildman–Crippen LogP) is 8.25. The van der Waals surface area contributed by atoms with Gasteiger partial charge in [0.15, 0.2) is 0 Å². The largest absolute Gasteiger partial charge is 0.487 e. The molecule has 216 valence electrons. The zero-order chi connectivity index (χ0) is 30.0. The minimum Gasteiger partial charge on any atom is -0.487 e. The molecule has 1 N–H and O–H groups in total. The molecule has 6 rings (SSSR count). The number of aromatic nitrogens is 3. The number of pyridine rings is 1. The molecule has 0 aliphatic rings. The number of fused-ring (bicyclic) bond motifs is 2. The summed E-state index contributed by atoms with van der Waals surface area (Å²) in [5, 5.41) is 11.0. The predicted molar refractivity (Wildman–Crippen MR) is 174 cm³/mol. The summed E-state index contributed by atoms with van der Waals surface area (Å²) < 4.78 is 8.26.